The molecule has 0 aliphatic carbocycles. The first-order chi connectivity index (χ1) is 14.5. The molecule has 2 aromatic carbocycles. The Morgan fingerprint density at radius 3 is 2.37 bits per heavy atom. The van der Waals surface area contributed by atoms with Gasteiger partial charge in [-0.1, -0.05) is 71.8 Å². The number of non-ortho nitro benzene ring substituents is 1. The van der Waals surface area contributed by atoms with E-state index in [0.717, 1.165) is 14.4 Å². The lowest BCUT2D eigenvalue weighted by molar-refractivity contribution is -0.384. The largest absolute Gasteiger partial charge is 0.299 e. The fourth-order valence-electron chi connectivity index (χ4n) is 2.20. The molecule has 0 atom stereocenters. The molecule has 0 bridgehead atoms. The number of benzene rings is 2. The summed E-state index contributed by atoms with van der Waals surface area (Å²) in [6.45, 7) is 3.81. The molecule has 0 radical (unpaired) electrons. The van der Waals surface area contributed by atoms with Crippen molar-refractivity contribution in [1.82, 2.24) is 21.0 Å². The molecule has 1 amide bonds. The Balaban J connectivity index is 1.39. The SMILES string of the molecule is C=C(NNC(=O)CSc1nnc(SCc2ccccc2)s1)c1ccc([N+](=O)[O-])cc1. The third-order valence-electron chi connectivity index (χ3n) is 3.70. The fraction of sp³-hybridized carbons (Fsp3) is 0.105. The van der Waals surface area contributed by atoms with Crippen LogP contribution in [0.1, 0.15) is 11.1 Å². The first-order valence-corrected chi connectivity index (χ1v) is 11.4. The minimum Gasteiger partial charge on any atom is -0.299 e. The molecule has 2 N–H and O–H groups in total. The molecule has 3 rings (SSSR count). The van der Waals surface area contributed by atoms with Crippen molar-refractivity contribution >= 4 is 52.2 Å². The summed E-state index contributed by atoms with van der Waals surface area (Å²) in [5.41, 5.74) is 7.53. The Morgan fingerprint density at radius 2 is 1.70 bits per heavy atom. The highest BCUT2D eigenvalue weighted by molar-refractivity contribution is 8.03. The van der Waals surface area contributed by atoms with Gasteiger partial charge in [0.2, 0.25) is 5.91 Å². The maximum Gasteiger partial charge on any atom is 0.269 e. The lowest BCUT2D eigenvalue weighted by Gasteiger charge is -2.10. The van der Waals surface area contributed by atoms with E-state index in [2.05, 4.69) is 39.8 Å². The molecule has 154 valence electrons. The summed E-state index contributed by atoms with van der Waals surface area (Å²) in [5, 5.41) is 18.9. The smallest absolute Gasteiger partial charge is 0.269 e. The molecule has 0 aliphatic rings. The quantitative estimate of drug-likeness (QED) is 0.265. The highest BCUT2D eigenvalue weighted by Crippen LogP contribution is 2.30. The van der Waals surface area contributed by atoms with Crippen LogP contribution in [0.5, 0.6) is 0 Å². The maximum atomic E-state index is 12.0. The van der Waals surface area contributed by atoms with Crippen LogP contribution in [0.25, 0.3) is 5.70 Å². The van der Waals surface area contributed by atoms with E-state index in [9.17, 15) is 14.9 Å². The maximum absolute atomic E-state index is 12.0. The van der Waals surface area contributed by atoms with Gasteiger partial charge in [0.25, 0.3) is 5.69 Å². The predicted octanol–water partition coefficient (Wildman–Crippen LogP) is 4.12. The van der Waals surface area contributed by atoms with Crippen LogP contribution < -0.4 is 10.9 Å². The molecule has 0 fully saturated rings. The van der Waals surface area contributed by atoms with E-state index < -0.39 is 4.92 Å². The molecule has 30 heavy (non-hydrogen) atoms. The second kappa shape index (κ2) is 10.8. The summed E-state index contributed by atoms with van der Waals surface area (Å²) in [6, 6.07) is 16.0. The summed E-state index contributed by atoms with van der Waals surface area (Å²) in [4.78, 5) is 22.3. The lowest BCUT2D eigenvalue weighted by atomic mass is 10.1. The number of nitro groups is 1. The zero-order chi connectivity index (χ0) is 21.3. The van der Waals surface area contributed by atoms with E-state index in [-0.39, 0.29) is 17.3 Å². The second-order valence-electron chi connectivity index (χ2n) is 5.85. The van der Waals surface area contributed by atoms with Crippen LogP contribution in [0.3, 0.4) is 0 Å². The first kappa shape index (κ1) is 21.8. The van der Waals surface area contributed by atoms with Crippen molar-refractivity contribution in [3.63, 3.8) is 0 Å². The Morgan fingerprint density at radius 1 is 1.03 bits per heavy atom. The van der Waals surface area contributed by atoms with Crippen LogP contribution in [-0.4, -0.2) is 26.8 Å². The lowest BCUT2D eigenvalue weighted by Crippen LogP contribution is -2.37. The van der Waals surface area contributed by atoms with Crippen molar-refractivity contribution in [1.29, 1.82) is 0 Å². The molecule has 1 heterocycles. The van der Waals surface area contributed by atoms with Crippen molar-refractivity contribution in [2.24, 2.45) is 0 Å². The van der Waals surface area contributed by atoms with E-state index in [1.54, 1.807) is 23.9 Å². The van der Waals surface area contributed by atoms with Gasteiger partial charge in [-0.15, -0.1) is 10.2 Å². The molecule has 0 aliphatic heterocycles. The molecule has 3 aromatic rings. The zero-order valence-electron chi connectivity index (χ0n) is 15.6. The van der Waals surface area contributed by atoms with Crippen LogP contribution in [0, 0.1) is 10.1 Å². The molecular weight excluding hydrogens is 442 g/mol. The first-order valence-electron chi connectivity index (χ1n) is 8.63. The normalized spacial score (nSPS) is 10.4. The van der Waals surface area contributed by atoms with Gasteiger partial charge in [-0.25, -0.2) is 0 Å². The molecule has 0 unspecified atom stereocenters. The topological polar surface area (TPSA) is 110 Å². The van der Waals surface area contributed by atoms with Gasteiger partial charge >= 0.3 is 0 Å². The number of aromatic nitrogens is 2. The minimum absolute atomic E-state index is 0.00894. The summed E-state index contributed by atoms with van der Waals surface area (Å²) < 4.78 is 1.57. The number of amides is 1. The third kappa shape index (κ3) is 6.58. The molecule has 8 nitrogen and oxygen atoms in total. The van der Waals surface area contributed by atoms with Crippen LogP contribution in [0.4, 0.5) is 5.69 Å². The average Bonchev–Trinajstić information content (AvgIpc) is 3.23. The Hall–Kier alpha value is -2.89. The molecule has 0 saturated heterocycles. The molecule has 0 saturated carbocycles. The second-order valence-corrected chi connectivity index (χ2v) is 9.27. The van der Waals surface area contributed by atoms with Gasteiger partial charge in [0.05, 0.1) is 16.4 Å². The van der Waals surface area contributed by atoms with Gasteiger partial charge in [-0.2, -0.15) is 0 Å². The van der Waals surface area contributed by atoms with Gasteiger partial charge in [-0.3, -0.25) is 25.8 Å². The zero-order valence-corrected chi connectivity index (χ0v) is 18.1. The van der Waals surface area contributed by atoms with Crippen molar-refractivity contribution in [2.75, 3.05) is 5.75 Å². The number of thioether (sulfide) groups is 2. The van der Waals surface area contributed by atoms with Crippen molar-refractivity contribution in [3.8, 4) is 0 Å². The molecule has 1 aromatic heterocycles. The number of nitrogens with one attached hydrogen (secondary N) is 2. The van der Waals surface area contributed by atoms with Crippen LogP contribution >= 0.6 is 34.9 Å². The van der Waals surface area contributed by atoms with Crippen LogP contribution in [0.15, 0.2) is 69.9 Å². The minimum atomic E-state index is -0.474. The highest BCUT2D eigenvalue weighted by Gasteiger charge is 2.10. The number of hydrazine groups is 1. The van der Waals surface area contributed by atoms with Gasteiger partial charge in [0.1, 0.15) is 0 Å². The monoisotopic (exact) mass is 459 g/mol. The van der Waals surface area contributed by atoms with Gasteiger partial charge in [0, 0.05) is 17.9 Å². The van der Waals surface area contributed by atoms with Crippen molar-refractivity contribution < 1.29 is 9.72 Å². The number of nitro benzene ring substituents is 1. The van der Waals surface area contributed by atoms with E-state index in [0.29, 0.717) is 11.3 Å². The van der Waals surface area contributed by atoms with E-state index in [1.165, 1.54) is 40.8 Å². The van der Waals surface area contributed by atoms with Gasteiger partial charge in [0.15, 0.2) is 8.68 Å². The summed E-state index contributed by atoms with van der Waals surface area (Å²) >= 11 is 4.36. The summed E-state index contributed by atoms with van der Waals surface area (Å²) in [7, 11) is 0. The third-order valence-corrected chi connectivity index (χ3v) is 6.96. The number of hydrogen-bond donors (Lipinski definition) is 2. The molecular formula is C19H17N5O3S3. The van der Waals surface area contributed by atoms with Crippen LogP contribution in [-0.2, 0) is 10.5 Å². The van der Waals surface area contributed by atoms with E-state index in [1.807, 2.05) is 18.2 Å². The standard InChI is InChI=1S/C19H17N5O3S3/c1-13(15-7-9-16(10-8-15)24(26)27)20-21-17(25)12-29-19-23-22-18(30-19)28-11-14-5-3-2-4-6-14/h2-10,20H,1,11-12H2,(H,21,25). The number of carbonyl (C=O) groups excluding carboxylic acids is 1. The number of carbonyl (C=O) groups is 1. The van der Waals surface area contributed by atoms with E-state index >= 15 is 0 Å². The van der Waals surface area contributed by atoms with E-state index in [4.69, 9.17) is 0 Å². The molecule has 0 spiro atoms. The van der Waals surface area contributed by atoms with Crippen LogP contribution in [0.2, 0.25) is 0 Å². The summed E-state index contributed by atoms with van der Waals surface area (Å²) in [6.07, 6.45) is 0. The number of hydrogen-bond acceptors (Lipinski definition) is 9. The van der Waals surface area contributed by atoms with Gasteiger partial charge in [-0.05, 0) is 23.3 Å². The number of rotatable bonds is 10. The highest BCUT2D eigenvalue weighted by atomic mass is 32.2. The molecule has 11 heteroatoms. The van der Waals surface area contributed by atoms with Crippen molar-refractivity contribution in [2.45, 2.75) is 14.4 Å². The average molecular weight is 460 g/mol. The Labute approximate surface area is 185 Å². The summed E-state index contributed by atoms with van der Waals surface area (Å²) in [5.74, 6) is 0.727. The Kier molecular flexibility index (Phi) is 7.82. The van der Waals surface area contributed by atoms with Gasteiger partial charge < -0.3 is 0 Å². The number of nitrogens with zero attached hydrogens (tertiary/aromatic N) is 3. The van der Waals surface area contributed by atoms with Crippen molar-refractivity contribution in [3.05, 3.63) is 82.4 Å². The predicted molar refractivity (Wildman–Crippen MR) is 120 cm³/mol. The fourth-order valence-corrected chi connectivity index (χ4v) is 4.97. The Bertz CT molecular complexity index is 1030.